The second-order valence-corrected chi connectivity index (χ2v) is 9.98. The second kappa shape index (κ2) is 10.2. The fraction of sp³-hybridized carbons (Fsp3) is 0.355. The molecule has 1 N–H and O–H groups in total. The quantitative estimate of drug-likeness (QED) is 0.328. The normalized spacial score (nSPS) is 25.9. The lowest BCUT2D eigenvalue weighted by atomic mass is 9.68. The fourth-order valence-corrected chi connectivity index (χ4v) is 6.74. The van der Waals surface area contributed by atoms with Crippen LogP contribution in [0.5, 0.6) is 5.75 Å². The van der Waals surface area contributed by atoms with E-state index in [0.717, 1.165) is 23.3 Å². The summed E-state index contributed by atoms with van der Waals surface area (Å²) >= 11 is 0. The summed E-state index contributed by atoms with van der Waals surface area (Å²) in [6.45, 7) is 8.53. The molecule has 0 saturated carbocycles. The lowest BCUT2D eigenvalue weighted by Crippen LogP contribution is -2.74. The predicted molar refractivity (Wildman–Crippen MR) is 140 cm³/mol. The third-order valence-corrected chi connectivity index (χ3v) is 8.27. The molecule has 3 aromatic rings. The highest BCUT2D eigenvalue weighted by Crippen LogP contribution is 2.46. The highest BCUT2D eigenvalue weighted by atomic mass is 16.5. The van der Waals surface area contributed by atoms with E-state index in [1.807, 2.05) is 6.07 Å². The molecule has 0 aliphatic carbocycles. The Morgan fingerprint density at radius 1 is 0.912 bits per heavy atom. The summed E-state index contributed by atoms with van der Waals surface area (Å²) in [4.78, 5) is 0. The molecule has 2 atom stereocenters. The van der Waals surface area contributed by atoms with Crippen molar-refractivity contribution in [2.75, 3.05) is 26.7 Å². The van der Waals surface area contributed by atoms with Crippen molar-refractivity contribution in [3.63, 3.8) is 0 Å². The van der Waals surface area contributed by atoms with Gasteiger partial charge in [0.1, 0.15) is 11.8 Å². The Kier molecular flexibility index (Phi) is 6.85. The van der Waals surface area contributed by atoms with E-state index in [1.54, 1.807) is 7.11 Å². The third-order valence-electron chi connectivity index (χ3n) is 8.27. The topological polar surface area (TPSA) is 21.3 Å². The summed E-state index contributed by atoms with van der Waals surface area (Å²) in [7, 11) is 1.76. The van der Waals surface area contributed by atoms with E-state index in [9.17, 15) is 0 Å². The molecule has 0 unspecified atom stereocenters. The smallest absolute Gasteiger partial charge is 0.123 e. The molecule has 0 radical (unpaired) electrons. The third kappa shape index (κ3) is 4.31. The molecular formula is C31H37N2O+. The van der Waals surface area contributed by atoms with E-state index < -0.39 is 0 Å². The van der Waals surface area contributed by atoms with Crippen molar-refractivity contribution in [2.24, 2.45) is 5.92 Å². The number of methoxy groups -OCH3 is 1. The van der Waals surface area contributed by atoms with Gasteiger partial charge in [-0.05, 0) is 29.2 Å². The molecule has 3 fully saturated rings. The van der Waals surface area contributed by atoms with Gasteiger partial charge in [0.2, 0.25) is 0 Å². The molecule has 0 spiro atoms. The molecular weight excluding hydrogens is 416 g/mol. The number of piperidine rings is 3. The van der Waals surface area contributed by atoms with Crippen LogP contribution in [0.1, 0.15) is 35.4 Å². The van der Waals surface area contributed by atoms with Crippen LogP contribution >= 0.6 is 0 Å². The summed E-state index contributed by atoms with van der Waals surface area (Å²) in [6.07, 6.45) is 4.72. The number of nitrogens with one attached hydrogen (secondary N) is 1. The first-order valence-corrected chi connectivity index (χ1v) is 12.7. The molecule has 0 amide bonds. The van der Waals surface area contributed by atoms with Gasteiger partial charge in [0.05, 0.1) is 38.7 Å². The van der Waals surface area contributed by atoms with E-state index in [4.69, 9.17) is 4.74 Å². The molecule has 2 bridgehead atoms. The van der Waals surface area contributed by atoms with Crippen LogP contribution in [0.4, 0.5) is 0 Å². The van der Waals surface area contributed by atoms with Crippen molar-refractivity contribution in [3.05, 3.63) is 114 Å². The van der Waals surface area contributed by atoms with Crippen molar-refractivity contribution < 1.29 is 9.22 Å². The molecule has 3 aliphatic rings. The van der Waals surface area contributed by atoms with E-state index in [0.29, 0.717) is 23.9 Å². The lowest BCUT2D eigenvalue weighted by molar-refractivity contribution is -0.963. The monoisotopic (exact) mass is 453 g/mol. The van der Waals surface area contributed by atoms with Crippen LogP contribution in [0.25, 0.3) is 0 Å². The molecule has 3 heteroatoms. The van der Waals surface area contributed by atoms with Gasteiger partial charge in [-0.3, -0.25) is 0 Å². The number of nitrogens with zero attached hydrogens (tertiary/aromatic N) is 1. The summed E-state index contributed by atoms with van der Waals surface area (Å²) < 4.78 is 6.78. The molecule has 3 aromatic carbocycles. The van der Waals surface area contributed by atoms with Crippen molar-refractivity contribution in [1.29, 1.82) is 0 Å². The average molecular weight is 454 g/mol. The second-order valence-electron chi connectivity index (χ2n) is 9.98. The van der Waals surface area contributed by atoms with E-state index in [-0.39, 0.29) is 0 Å². The van der Waals surface area contributed by atoms with Gasteiger partial charge in [-0.1, -0.05) is 85.4 Å². The maximum absolute atomic E-state index is 5.66. The zero-order valence-electron chi connectivity index (χ0n) is 20.3. The van der Waals surface area contributed by atoms with Crippen LogP contribution in [-0.2, 0) is 6.54 Å². The highest BCUT2D eigenvalue weighted by Gasteiger charge is 2.56. The SMILES string of the molecule is C=CC[N+]12CCC(CC1)[C@H](NCc1ccccc1OC)[C@@H]2C(c1ccccc1)c1ccccc1. The van der Waals surface area contributed by atoms with Crippen molar-refractivity contribution >= 4 is 0 Å². The van der Waals surface area contributed by atoms with Crippen LogP contribution < -0.4 is 10.1 Å². The Bertz CT molecular complexity index is 1030. The van der Waals surface area contributed by atoms with Crippen LogP contribution in [-0.4, -0.2) is 43.3 Å². The first-order chi connectivity index (χ1) is 16.8. The summed E-state index contributed by atoms with van der Waals surface area (Å²) in [5.41, 5.74) is 4.06. The summed E-state index contributed by atoms with van der Waals surface area (Å²) in [5.74, 6) is 1.99. The van der Waals surface area contributed by atoms with Gasteiger partial charge in [0.25, 0.3) is 0 Å². The standard InChI is InChI=1S/C31H37N2O/c1-3-20-33-21-18-26(19-22-33)30(32-23-27-16-10-11-17-28(27)34-2)31(33)29(24-12-6-4-7-13-24)25-14-8-5-9-15-25/h3-17,26,29-32H,1,18-23H2,2H3/q+1/t26?,30-,31-,33?/m0/s1. The molecule has 176 valence electrons. The van der Waals surface area contributed by atoms with Crippen LogP contribution in [0.2, 0.25) is 0 Å². The number of para-hydroxylation sites is 1. The molecule has 34 heavy (non-hydrogen) atoms. The Morgan fingerprint density at radius 2 is 1.50 bits per heavy atom. The van der Waals surface area contributed by atoms with E-state index >= 15 is 0 Å². The fourth-order valence-electron chi connectivity index (χ4n) is 6.74. The maximum atomic E-state index is 5.66. The number of hydrogen-bond donors (Lipinski definition) is 1. The van der Waals surface area contributed by atoms with Crippen LogP contribution in [0.15, 0.2) is 97.6 Å². The number of ether oxygens (including phenoxy) is 1. The largest absolute Gasteiger partial charge is 0.496 e. The number of benzene rings is 3. The highest BCUT2D eigenvalue weighted by molar-refractivity contribution is 5.36. The van der Waals surface area contributed by atoms with Gasteiger partial charge in [-0.25, -0.2) is 0 Å². The van der Waals surface area contributed by atoms with Gasteiger partial charge in [0.15, 0.2) is 0 Å². The minimum atomic E-state index is 0.334. The summed E-state index contributed by atoms with van der Waals surface area (Å²) in [6, 6.07) is 31.6. The first-order valence-electron chi connectivity index (χ1n) is 12.7. The van der Waals surface area contributed by atoms with Gasteiger partial charge in [-0.2, -0.15) is 0 Å². The molecule has 3 saturated heterocycles. The molecule has 6 rings (SSSR count). The lowest BCUT2D eigenvalue weighted by Gasteiger charge is -2.60. The van der Waals surface area contributed by atoms with Gasteiger partial charge < -0.3 is 14.5 Å². The van der Waals surface area contributed by atoms with Gasteiger partial charge >= 0.3 is 0 Å². The number of rotatable bonds is 9. The molecule has 3 heterocycles. The number of fused-ring (bicyclic) bond motifs is 3. The van der Waals surface area contributed by atoms with E-state index in [2.05, 4.69) is 96.8 Å². The molecule has 3 aliphatic heterocycles. The zero-order chi connectivity index (χ0) is 23.4. The van der Waals surface area contributed by atoms with E-state index in [1.165, 1.54) is 42.6 Å². The minimum absolute atomic E-state index is 0.334. The van der Waals surface area contributed by atoms with Gasteiger partial charge in [0, 0.05) is 24.9 Å². The first kappa shape index (κ1) is 22.9. The zero-order valence-corrected chi connectivity index (χ0v) is 20.3. The Hall–Kier alpha value is -2.88. The molecule has 3 nitrogen and oxygen atoms in total. The van der Waals surface area contributed by atoms with Crippen molar-refractivity contribution in [3.8, 4) is 5.75 Å². The van der Waals surface area contributed by atoms with Crippen molar-refractivity contribution in [1.82, 2.24) is 5.32 Å². The predicted octanol–water partition coefficient (Wildman–Crippen LogP) is 5.78. The Balaban J connectivity index is 1.57. The average Bonchev–Trinajstić information content (AvgIpc) is 2.90. The van der Waals surface area contributed by atoms with Crippen LogP contribution in [0, 0.1) is 5.92 Å². The minimum Gasteiger partial charge on any atom is -0.496 e. The maximum Gasteiger partial charge on any atom is 0.123 e. The summed E-state index contributed by atoms with van der Waals surface area (Å²) in [5, 5.41) is 4.07. The van der Waals surface area contributed by atoms with Gasteiger partial charge in [-0.15, -0.1) is 0 Å². The van der Waals surface area contributed by atoms with Crippen molar-refractivity contribution in [2.45, 2.75) is 37.4 Å². The van der Waals surface area contributed by atoms with Crippen LogP contribution in [0.3, 0.4) is 0 Å². The Morgan fingerprint density at radius 3 is 2.09 bits per heavy atom. The number of hydrogen-bond acceptors (Lipinski definition) is 2. The number of quaternary nitrogens is 1. The Labute approximate surface area is 204 Å². The molecule has 0 aromatic heterocycles.